The summed E-state index contributed by atoms with van der Waals surface area (Å²) in [5, 5.41) is 2.79. The average molecular weight is 446 g/mol. The number of benzene rings is 3. The van der Waals surface area contributed by atoms with Crippen molar-refractivity contribution in [3.8, 4) is 11.5 Å². The van der Waals surface area contributed by atoms with Gasteiger partial charge in [-0.05, 0) is 48.5 Å². The summed E-state index contributed by atoms with van der Waals surface area (Å²) in [5.41, 5.74) is 5.33. The third-order valence-electron chi connectivity index (χ3n) is 6.00. The van der Waals surface area contributed by atoms with Crippen molar-refractivity contribution in [1.82, 2.24) is 0 Å². The maximum absolute atomic E-state index is 13.8. The van der Waals surface area contributed by atoms with Gasteiger partial charge in [0.1, 0.15) is 29.7 Å². The van der Waals surface area contributed by atoms with Gasteiger partial charge in [0.2, 0.25) is 0 Å². The normalized spacial score (nSPS) is 16.1. The Labute approximate surface area is 191 Å². The van der Waals surface area contributed by atoms with Crippen molar-refractivity contribution in [1.29, 1.82) is 0 Å². The van der Waals surface area contributed by atoms with Gasteiger partial charge in [0, 0.05) is 53.3 Å². The molecule has 0 bridgehead atoms. The largest absolute Gasteiger partial charge is 0.497 e. The number of amides is 1. The Balaban J connectivity index is 1.45. The molecule has 2 aliphatic heterocycles. The number of ether oxygens (including phenoxy) is 3. The van der Waals surface area contributed by atoms with Gasteiger partial charge in [-0.3, -0.25) is 4.79 Å². The number of nitrogens with zero attached hydrogens (tertiary/aromatic N) is 1. The van der Waals surface area contributed by atoms with Gasteiger partial charge in [-0.1, -0.05) is 0 Å². The van der Waals surface area contributed by atoms with Gasteiger partial charge in [0.25, 0.3) is 5.91 Å². The number of halogens is 1. The lowest BCUT2D eigenvalue weighted by molar-refractivity contribution is -0.110. The van der Waals surface area contributed by atoms with Crippen molar-refractivity contribution in [2.75, 3.05) is 31.5 Å². The first kappa shape index (κ1) is 20.9. The van der Waals surface area contributed by atoms with Crippen LogP contribution in [0.4, 0.5) is 15.8 Å². The number of rotatable bonds is 5. The van der Waals surface area contributed by atoms with Gasteiger partial charge in [-0.15, -0.1) is 0 Å². The molecule has 1 amide bonds. The molecule has 2 heterocycles. The lowest BCUT2D eigenvalue weighted by atomic mass is 10.00. The third-order valence-corrected chi connectivity index (χ3v) is 6.00. The van der Waals surface area contributed by atoms with Crippen molar-refractivity contribution < 1.29 is 23.4 Å². The van der Waals surface area contributed by atoms with Crippen LogP contribution in [0.2, 0.25) is 0 Å². The first-order valence-corrected chi connectivity index (χ1v) is 10.5. The van der Waals surface area contributed by atoms with E-state index in [1.165, 1.54) is 12.1 Å². The fourth-order valence-corrected chi connectivity index (χ4v) is 4.29. The molecular weight excluding hydrogens is 423 g/mol. The zero-order valence-corrected chi connectivity index (χ0v) is 18.6. The summed E-state index contributed by atoms with van der Waals surface area (Å²) in [5.74, 6) is 1.30. The fourth-order valence-electron chi connectivity index (χ4n) is 4.29. The number of carbonyl (C=O) groups excluding carboxylic acids is 1. The molecule has 5 rings (SSSR count). The van der Waals surface area contributed by atoms with Gasteiger partial charge in [-0.2, -0.15) is 0 Å². The predicted octanol–water partition coefficient (Wildman–Crippen LogP) is 4.83. The van der Waals surface area contributed by atoms with Gasteiger partial charge < -0.3 is 24.4 Å². The van der Waals surface area contributed by atoms with Crippen LogP contribution >= 0.6 is 0 Å². The molecule has 3 aromatic carbocycles. The first-order valence-electron chi connectivity index (χ1n) is 10.5. The second-order valence-corrected chi connectivity index (χ2v) is 8.01. The Hall–Kier alpha value is -4.00. The highest BCUT2D eigenvalue weighted by molar-refractivity contribution is 6.36. The average Bonchev–Trinajstić information content (AvgIpc) is 3.38. The number of fused-ring (bicyclic) bond motifs is 2. The SMILES string of the molecule is COc1ccc(CN(C)c2ccc3c(c2)COC3=C2C(=O)Nc3ccc(F)cc32)c(OC)c1. The smallest absolute Gasteiger partial charge is 0.260 e. The van der Waals surface area contributed by atoms with Crippen LogP contribution in [0.1, 0.15) is 22.3 Å². The lowest BCUT2D eigenvalue weighted by Gasteiger charge is -2.21. The molecule has 7 heteroatoms. The summed E-state index contributed by atoms with van der Waals surface area (Å²) in [4.78, 5) is 14.7. The molecule has 0 aliphatic carbocycles. The van der Waals surface area contributed by atoms with Crippen LogP contribution in [0, 0.1) is 5.82 Å². The number of carbonyl (C=O) groups is 1. The van der Waals surface area contributed by atoms with E-state index in [9.17, 15) is 9.18 Å². The summed E-state index contributed by atoms with van der Waals surface area (Å²) in [6, 6.07) is 16.0. The number of anilines is 2. The number of hydrogen-bond donors (Lipinski definition) is 1. The van der Waals surface area contributed by atoms with Crippen LogP contribution in [-0.2, 0) is 22.7 Å². The minimum atomic E-state index is -0.396. The Bertz CT molecular complexity index is 1300. The van der Waals surface area contributed by atoms with Crippen LogP contribution in [0.3, 0.4) is 0 Å². The monoisotopic (exact) mass is 446 g/mol. The highest BCUT2D eigenvalue weighted by Crippen LogP contribution is 2.42. The van der Waals surface area contributed by atoms with E-state index in [1.54, 1.807) is 20.3 Å². The molecule has 3 aromatic rings. The molecule has 2 aliphatic rings. The minimum absolute atomic E-state index is 0.286. The maximum atomic E-state index is 13.8. The number of nitrogens with one attached hydrogen (secondary N) is 1. The van der Waals surface area contributed by atoms with Crippen molar-refractivity contribution >= 4 is 28.6 Å². The molecule has 1 N–H and O–H groups in total. The topological polar surface area (TPSA) is 60.0 Å². The Morgan fingerprint density at radius 2 is 1.88 bits per heavy atom. The van der Waals surface area contributed by atoms with Crippen LogP contribution in [0.5, 0.6) is 11.5 Å². The minimum Gasteiger partial charge on any atom is -0.497 e. The second kappa shape index (κ2) is 8.16. The highest BCUT2D eigenvalue weighted by atomic mass is 19.1. The van der Waals surface area contributed by atoms with Crippen molar-refractivity contribution in [2.24, 2.45) is 0 Å². The molecule has 0 saturated carbocycles. The zero-order chi connectivity index (χ0) is 23.1. The van der Waals surface area contributed by atoms with Crippen LogP contribution < -0.4 is 19.7 Å². The molecule has 0 radical (unpaired) electrons. The quantitative estimate of drug-likeness (QED) is 0.569. The Morgan fingerprint density at radius 1 is 1.03 bits per heavy atom. The van der Waals surface area contributed by atoms with E-state index in [1.807, 2.05) is 37.4 Å². The molecule has 168 valence electrons. The summed E-state index contributed by atoms with van der Waals surface area (Å²) < 4.78 is 30.6. The van der Waals surface area contributed by atoms with E-state index in [2.05, 4.69) is 16.3 Å². The van der Waals surface area contributed by atoms with Crippen molar-refractivity contribution in [3.05, 3.63) is 82.7 Å². The van der Waals surface area contributed by atoms with Crippen LogP contribution in [0.25, 0.3) is 11.3 Å². The summed E-state index contributed by atoms with van der Waals surface area (Å²) in [6.45, 7) is 0.982. The summed E-state index contributed by atoms with van der Waals surface area (Å²) in [7, 11) is 5.27. The summed E-state index contributed by atoms with van der Waals surface area (Å²) in [6.07, 6.45) is 0. The maximum Gasteiger partial charge on any atom is 0.260 e. The standard InChI is InChI=1S/C26H23FN2O4/c1-29(13-15-4-7-19(31-2)12-23(15)32-3)18-6-8-20-16(10-18)14-33-25(20)24-21-11-17(27)5-9-22(21)28-26(24)30/h4-12H,13-14H2,1-3H3,(H,28,30). The van der Waals surface area contributed by atoms with Crippen molar-refractivity contribution in [2.45, 2.75) is 13.2 Å². The molecule has 0 atom stereocenters. The van der Waals surface area contributed by atoms with E-state index < -0.39 is 5.82 Å². The van der Waals surface area contributed by atoms with Gasteiger partial charge in [-0.25, -0.2) is 4.39 Å². The van der Waals surface area contributed by atoms with Crippen LogP contribution in [-0.4, -0.2) is 27.2 Å². The molecule has 6 nitrogen and oxygen atoms in total. The Morgan fingerprint density at radius 3 is 2.67 bits per heavy atom. The van der Waals surface area contributed by atoms with Crippen molar-refractivity contribution in [3.63, 3.8) is 0 Å². The molecule has 0 aromatic heterocycles. The first-order chi connectivity index (χ1) is 16.0. The van der Waals surface area contributed by atoms with E-state index >= 15 is 0 Å². The second-order valence-electron chi connectivity index (χ2n) is 8.01. The third kappa shape index (κ3) is 3.65. The molecule has 0 spiro atoms. The zero-order valence-electron chi connectivity index (χ0n) is 18.6. The predicted molar refractivity (Wildman–Crippen MR) is 125 cm³/mol. The molecular formula is C26H23FN2O4. The fraction of sp³-hybridized carbons (Fsp3) is 0.192. The Kier molecular flexibility index (Phi) is 5.17. The van der Waals surface area contributed by atoms with E-state index in [4.69, 9.17) is 14.2 Å². The lowest BCUT2D eigenvalue weighted by Crippen LogP contribution is -2.17. The number of hydrogen-bond acceptors (Lipinski definition) is 5. The highest BCUT2D eigenvalue weighted by Gasteiger charge is 2.33. The van der Waals surface area contributed by atoms with Gasteiger partial charge >= 0.3 is 0 Å². The molecule has 0 saturated heterocycles. The van der Waals surface area contributed by atoms with E-state index in [-0.39, 0.29) is 5.91 Å². The van der Waals surface area contributed by atoms with Crippen LogP contribution in [0.15, 0.2) is 54.6 Å². The van der Waals surface area contributed by atoms with E-state index in [0.717, 1.165) is 33.9 Å². The number of methoxy groups -OCH3 is 2. The van der Waals surface area contributed by atoms with E-state index in [0.29, 0.717) is 35.7 Å². The molecule has 0 fully saturated rings. The van der Waals surface area contributed by atoms with Gasteiger partial charge in [0.15, 0.2) is 0 Å². The molecule has 0 unspecified atom stereocenters. The molecule has 33 heavy (non-hydrogen) atoms. The van der Waals surface area contributed by atoms with Gasteiger partial charge in [0.05, 0.1) is 19.8 Å². The summed E-state index contributed by atoms with van der Waals surface area (Å²) >= 11 is 0.